The molecule has 3 rings (SSSR count). The summed E-state index contributed by atoms with van der Waals surface area (Å²) in [4.78, 5) is 0. The van der Waals surface area contributed by atoms with E-state index in [-0.39, 0.29) is 17.5 Å². The highest BCUT2D eigenvalue weighted by Gasteiger charge is 2.44. The molecule has 1 aromatic rings. The minimum absolute atomic E-state index is 0.0160. The second kappa shape index (κ2) is 4.96. The Morgan fingerprint density at radius 1 is 1.33 bits per heavy atom. The van der Waals surface area contributed by atoms with Gasteiger partial charge in [0.15, 0.2) is 0 Å². The second-order valence-electron chi connectivity index (χ2n) is 5.01. The van der Waals surface area contributed by atoms with E-state index >= 15 is 0 Å². The predicted octanol–water partition coefficient (Wildman–Crippen LogP) is 2.04. The molecule has 2 atom stereocenters. The van der Waals surface area contributed by atoms with Gasteiger partial charge < -0.3 is 14.8 Å². The van der Waals surface area contributed by atoms with Crippen molar-refractivity contribution in [3.05, 3.63) is 35.6 Å². The Kier molecular flexibility index (Phi) is 3.33. The van der Waals surface area contributed by atoms with Gasteiger partial charge in [0.05, 0.1) is 19.3 Å². The third kappa shape index (κ3) is 2.16. The number of benzene rings is 1. The molecule has 2 unspecified atom stereocenters. The van der Waals surface area contributed by atoms with Crippen LogP contribution in [0.25, 0.3) is 0 Å². The Hall–Kier alpha value is -0.970. The van der Waals surface area contributed by atoms with Crippen molar-refractivity contribution in [3.8, 4) is 0 Å². The van der Waals surface area contributed by atoms with Crippen LogP contribution in [0, 0.1) is 5.82 Å². The highest BCUT2D eigenvalue weighted by Crippen LogP contribution is 2.38. The molecule has 2 fully saturated rings. The fourth-order valence-corrected chi connectivity index (χ4v) is 2.97. The lowest BCUT2D eigenvalue weighted by molar-refractivity contribution is -0.165. The molecule has 2 heterocycles. The molecule has 1 aromatic carbocycles. The summed E-state index contributed by atoms with van der Waals surface area (Å²) < 4.78 is 25.0. The van der Waals surface area contributed by atoms with Crippen LogP contribution in [0.4, 0.5) is 4.39 Å². The van der Waals surface area contributed by atoms with Crippen LogP contribution in [0.2, 0.25) is 0 Å². The molecule has 98 valence electrons. The van der Waals surface area contributed by atoms with E-state index in [0.29, 0.717) is 13.2 Å². The van der Waals surface area contributed by atoms with Gasteiger partial charge in [-0.2, -0.15) is 0 Å². The van der Waals surface area contributed by atoms with Crippen LogP contribution >= 0.6 is 0 Å². The van der Waals surface area contributed by atoms with Crippen LogP contribution in [-0.2, 0) is 9.47 Å². The third-order valence-electron chi connectivity index (χ3n) is 3.78. The Balaban J connectivity index is 1.91. The number of hydrogen-bond acceptors (Lipinski definition) is 3. The Labute approximate surface area is 106 Å². The fourth-order valence-electron chi connectivity index (χ4n) is 2.97. The van der Waals surface area contributed by atoms with Crippen LogP contribution in [0.1, 0.15) is 24.4 Å². The van der Waals surface area contributed by atoms with E-state index in [4.69, 9.17) is 9.47 Å². The summed E-state index contributed by atoms with van der Waals surface area (Å²) in [5.41, 5.74) is 0.616. The first-order chi connectivity index (χ1) is 8.80. The lowest BCUT2D eigenvalue weighted by Gasteiger charge is -2.46. The maximum Gasteiger partial charge on any atom is 0.123 e. The highest BCUT2D eigenvalue weighted by molar-refractivity contribution is 5.24. The molecule has 0 saturated carbocycles. The van der Waals surface area contributed by atoms with Crippen molar-refractivity contribution in [2.45, 2.75) is 24.5 Å². The van der Waals surface area contributed by atoms with Gasteiger partial charge in [0.2, 0.25) is 0 Å². The first-order valence-corrected chi connectivity index (χ1v) is 6.51. The summed E-state index contributed by atoms with van der Waals surface area (Å²) in [7, 11) is 0. The summed E-state index contributed by atoms with van der Waals surface area (Å²) in [6.45, 7) is 2.86. The van der Waals surface area contributed by atoms with Gasteiger partial charge in [-0.3, -0.25) is 0 Å². The van der Waals surface area contributed by atoms with E-state index in [9.17, 15) is 4.39 Å². The predicted molar refractivity (Wildman–Crippen MR) is 65.9 cm³/mol. The van der Waals surface area contributed by atoms with Crippen molar-refractivity contribution in [1.82, 2.24) is 5.32 Å². The van der Waals surface area contributed by atoms with E-state index in [2.05, 4.69) is 5.32 Å². The standard InChI is InChI=1S/C14H18FNO2/c15-12-4-1-3-11(9-12)13-14(18-8-6-16-13)5-2-7-17-10-14/h1,3-4,9,13,16H,2,5-8,10H2. The molecule has 3 nitrogen and oxygen atoms in total. The SMILES string of the molecule is Fc1cccc(C2NCCOC23CCCOC3)c1. The van der Waals surface area contributed by atoms with Crippen molar-refractivity contribution in [1.29, 1.82) is 0 Å². The van der Waals surface area contributed by atoms with E-state index in [0.717, 1.165) is 31.6 Å². The van der Waals surface area contributed by atoms with Gasteiger partial charge >= 0.3 is 0 Å². The molecule has 0 bridgehead atoms. The van der Waals surface area contributed by atoms with E-state index in [1.807, 2.05) is 6.07 Å². The lowest BCUT2D eigenvalue weighted by Crippen LogP contribution is -2.56. The summed E-state index contributed by atoms with van der Waals surface area (Å²) in [5.74, 6) is -0.202. The molecule has 4 heteroatoms. The largest absolute Gasteiger partial charge is 0.378 e. The van der Waals surface area contributed by atoms with E-state index in [1.54, 1.807) is 12.1 Å². The average Bonchev–Trinajstić information content (AvgIpc) is 2.40. The number of halogens is 1. The Morgan fingerprint density at radius 2 is 2.28 bits per heavy atom. The highest BCUT2D eigenvalue weighted by atomic mass is 19.1. The smallest absolute Gasteiger partial charge is 0.123 e. The first-order valence-electron chi connectivity index (χ1n) is 6.51. The van der Waals surface area contributed by atoms with Gasteiger partial charge in [-0.25, -0.2) is 4.39 Å². The average molecular weight is 251 g/mol. The van der Waals surface area contributed by atoms with Crippen molar-refractivity contribution in [2.75, 3.05) is 26.4 Å². The van der Waals surface area contributed by atoms with Crippen LogP contribution < -0.4 is 5.32 Å². The van der Waals surface area contributed by atoms with Gasteiger partial charge in [-0.05, 0) is 30.5 Å². The van der Waals surface area contributed by atoms with Crippen molar-refractivity contribution >= 4 is 0 Å². The summed E-state index contributed by atoms with van der Waals surface area (Å²) >= 11 is 0. The zero-order chi connectivity index (χ0) is 12.4. The lowest BCUT2D eigenvalue weighted by atomic mass is 9.83. The van der Waals surface area contributed by atoms with Gasteiger partial charge in [-0.15, -0.1) is 0 Å². The minimum atomic E-state index is -0.329. The quantitative estimate of drug-likeness (QED) is 0.828. The maximum atomic E-state index is 13.4. The molecule has 0 amide bonds. The normalized spacial score (nSPS) is 32.6. The number of morpholine rings is 1. The fraction of sp³-hybridized carbons (Fsp3) is 0.571. The minimum Gasteiger partial charge on any atom is -0.378 e. The molecule has 2 aliphatic heterocycles. The summed E-state index contributed by atoms with van der Waals surface area (Å²) in [6, 6.07) is 6.77. The van der Waals surface area contributed by atoms with Crippen LogP contribution in [0.3, 0.4) is 0 Å². The molecule has 1 spiro atoms. The molecular weight excluding hydrogens is 233 g/mol. The van der Waals surface area contributed by atoms with Crippen molar-refractivity contribution in [2.24, 2.45) is 0 Å². The van der Waals surface area contributed by atoms with E-state index < -0.39 is 0 Å². The molecular formula is C14H18FNO2. The zero-order valence-electron chi connectivity index (χ0n) is 10.3. The van der Waals surface area contributed by atoms with Crippen molar-refractivity contribution < 1.29 is 13.9 Å². The Bertz CT molecular complexity index is 410. The van der Waals surface area contributed by atoms with Gasteiger partial charge in [-0.1, -0.05) is 12.1 Å². The molecule has 18 heavy (non-hydrogen) atoms. The van der Waals surface area contributed by atoms with Crippen LogP contribution in [0.15, 0.2) is 24.3 Å². The number of hydrogen-bond donors (Lipinski definition) is 1. The number of ether oxygens (including phenoxy) is 2. The number of rotatable bonds is 1. The van der Waals surface area contributed by atoms with E-state index in [1.165, 1.54) is 6.07 Å². The molecule has 2 aliphatic rings. The van der Waals surface area contributed by atoms with Gasteiger partial charge in [0.25, 0.3) is 0 Å². The third-order valence-corrected chi connectivity index (χ3v) is 3.78. The molecule has 0 radical (unpaired) electrons. The maximum absolute atomic E-state index is 13.4. The van der Waals surface area contributed by atoms with Gasteiger partial charge in [0.1, 0.15) is 11.4 Å². The van der Waals surface area contributed by atoms with Gasteiger partial charge in [0, 0.05) is 13.2 Å². The molecule has 0 aliphatic carbocycles. The van der Waals surface area contributed by atoms with Crippen molar-refractivity contribution in [3.63, 3.8) is 0 Å². The monoisotopic (exact) mass is 251 g/mol. The van der Waals surface area contributed by atoms with Crippen LogP contribution in [-0.4, -0.2) is 32.0 Å². The molecule has 0 aromatic heterocycles. The first kappa shape index (κ1) is 12.1. The summed E-state index contributed by atoms with van der Waals surface area (Å²) in [5, 5.41) is 3.45. The summed E-state index contributed by atoms with van der Waals surface area (Å²) in [6.07, 6.45) is 1.95. The number of nitrogens with one attached hydrogen (secondary N) is 1. The second-order valence-corrected chi connectivity index (χ2v) is 5.01. The topological polar surface area (TPSA) is 30.5 Å². The zero-order valence-corrected chi connectivity index (χ0v) is 10.3. The molecule has 1 N–H and O–H groups in total. The Morgan fingerprint density at radius 3 is 3.06 bits per heavy atom. The molecule has 2 saturated heterocycles. The van der Waals surface area contributed by atoms with Crippen LogP contribution in [0.5, 0.6) is 0 Å².